The zero-order valence-corrected chi connectivity index (χ0v) is 9.24. The van der Waals surface area contributed by atoms with Crippen LogP contribution in [-0.4, -0.2) is 9.78 Å². The first kappa shape index (κ1) is 9.83. The second-order valence-electron chi connectivity index (χ2n) is 3.68. The zero-order chi connectivity index (χ0) is 11.0. The Morgan fingerprint density at radius 3 is 2.80 bits per heavy atom. The van der Waals surface area contributed by atoms with Crippen molar-refractivity contribution in [1.29, 1.82) is 0 Å². The molecule has 0 atom stereocenters. The van der Waals surface area contributed by atoms with Gasteiger partial charge in [-0.05, 0) is 25.0 Å². The molecule has 2 heterocycles. The minimum atomic E-state index is 0.710. The van der Waals surface area contributed by atoms with Gasteiger partial charge in [0.15, 0.2) is 5.76 Å². The van der Waals surface area contributed by atoms with Crippen LogP contribution in [0.1, 0.15) is 18.1 Å². The minimum Gasteiger partial charge on any atom is -0.462 e. The zero-order valence-electron chi connectivity index (χ0n) is 9.24. The number of rotatable bonds is 2. The van der Waals surface area contributed by atoms with Crippen LogP contribution in [0.4, 0.5) is 5.82 Å². The fourth-order valence-electron chi connectivity index (χ4n) is 1.68. The van der Waals surface area contributed by atoms with Crippen LogP contribution in [-0.2, 0) is 13.5 Å². The quantitative estimate of drug-likeness (QED) is 0.817. The van der Waals surface area contributed by atoms with Gasteiger partial charge in [0, 0.05) is 12.6 Å². The number of aromatic nitrogens is 2. The molecule has 0 bridgehead atoms. The summed E-state index contributed by atoms with van der Waals surface area (Å²) in [5, 5.41) is 4.36. The maximum atomic E-state index is 5.92. The second-order valence-corrected chi connectivity index (χ2v) is 3.68. The van der Waals surface area contributed by atoms with Crippen LogP contribution >= 0.6 is 0 Å². The third-order valence-electron chi connectivity index (χ3n) is 2.51. The summed E-state index contributed by atoms with van der Waals surface area (Å²) in [6, 6.07) is 1.97. The van der Waals surface area contributed by atoms with Crippen molar-refractivity contribution in [3.05, 3.63) is 23.5 Å². The molecule has 4 nitrogen and oxygen atoms in total. The number of nitrogens with two attached hydrogens (primary N) is 1. The first-order valence-corrected chi connectivity index (χ1v) is 5.00. The van der Waals surface area contributed by atoms with Crippen LogP contribution in [0.5, 0.6) is 0 Å². The first-order chi connectivity index (χ1) is 7.13. The molecule has 2 rings (SSSR count). The van der Waals surface area contributed by atoms with Gasteiger partial charge in [-0.1, -0.05) is 6.92 Å². The average molecular weight is 205 g/mol. The van der Waals surface area contributed by atoms with Gasteiger partial charge in [0.2, 0.25) is 0 Å². The number of hydrogen-bond acceptors (Lipinski definition) is 3. The molecule has 0 aromatic carbocycles. The lowest BCUT2D eigenvalue weighted by molar-refractivity contribution is 0.575. The molecular weight excluding hydrogens is 190 g/mol. The average Bonchev–Trinajstić information content (AvgIpc) is 2.73. The first-order valence-electron chi connectivity index (χ1n) is 5.00. The molecular formula is C11H15N3O. The lowest BCUT2D eigenvalue weighted by atomic mass is 10.1. The number of furan rings is 1. The van der Waals surface area contributed by atoms with Crippen LogP contribution in [0.3, 0.4) is 0 Å². The van der Waals surface area contributed by atoms with E-state index < -0.39 is 0 Å². The lowest BCUT2D eigenvalue weighted by Gasteiger charge is -1.96. The summed E-state index contributed by atoms with van der Waals surface area (Å²) in [4.78, 5) is 0. The van der Waals surface area contributed by atoms with Crippen molar-refractivity contribution in [2.45, 2.75) is 20.3 Å². The molecule has 0 radical (unpaired) electrons. The van der Waals surface area contributed by atoms with E-state index in [0.29, 0.717) is 5.82 Å². The van der Waals surface area contributed by atoms with Gasteiger partial charge in [0.25, 0.3) is 0 Å². The van der Waals surface area contributed by atoms with Crippen molar-refractivity contribution in [2.75, 3.05) is 5.73 Å². The molecule has 0 aliphatic rings. The lowest BCUT2D eigenvalue weighted by Crippen LogP contribution is -1.98. The molecule has 2 N–H and O–H groups in total. The van der Waals surface area contributed by atoms with E-state index in [1.807, 2.05) is 20.0 Å². The van der Waals surface area contributed by atoms with Gasteiger partial charge in [-0.3, -0.25) is 4.68 Å². The summed E-state index contributed by atoms with van der Waals surface area (Å²) in [7, 11) is 1.84. The van der Waals surface area contributed by atoms with E-state index in [0.717, 1.165) is 29.0 Å². The minimum absolute atomic E-state index is 0.710. The Labute approximate surface area is 88.7 Å². The Balaban J connectivity index is 2.57. The van der Waals surface area contributed by atoms with Crippen LogP contribution in [0.25, 0.3) is 11.5 Å². The highest BCUT2D eigenvalue weighted by Gasteiger charge is 2.16. The maximum absolute atomic E-state index is 5.92. The molecule has 0 amide bonds. The van der Waals surface area contributed by atoms with E-state index >= 15 is 0 Å². The Morgan fingerprint density at radius 1 is 1.53 bits per heavy atom. The predicted octanol–water partition coefficient (Wildman–Crippen LogP) is 2.13. The maximum Gasteiger partial charge on any atom is 0.154 e. The van der Waals surface area contributed by atoms with Gasteiger partial charge in [-0.15, -0.1) is 0 Å². The van der Waals surface area contributed by atoms with Crippen LogP contribution in [0.15, 0.2) is 16.7 Å². The molecule has 0 aliphatic carbocycles. The van der Waals surface area contributed by atoms with Gasteiger partial charge in [-0.2, -0.15) is 5.10 Å². The second kappa shape index (κ2) is 3.46. The monoisotopic (exact) mass is 205 g/mol. The molecule has 0 spiro atoms. The Morgan fingerprint density at radius 2 is 2.27 bits per heavy atom. The highest BCUT2D eigenvalue weighted by Crippen LogP contribution is 2.28. The van der Waals surface area contributed by atoms with Crippen LogP contribution in [0.2, 0.25) is 0 Å². The highest BCUT2D eigenvalue weighted by molar-refractivity contribution is 5.64. The molecule has 2 aromatic heterocycles. The van der Waals surface area contributed by atoms with E-state index in [1.165, 1.54) is 0 Å². The largest absolute Gasteiger partial charge is 0.462 e. The van der Waals surface area contributed by atoms with Crippen molar-refractivity contribution < 1.29 is 4.42 Å². The summed E-state index contributed by atoms with van der Waals surface area (Å²) >= 11 is 0. The predicted molar refractivity (Wildman–Crippen MR) is 59.4 cm³/mol. The van der Waals surface area contributed by atoms with Gasteiger partial charge >= 0.3 is 0 Å². The molecule has 15 heavy (non-hydrogen) atoms. The summed E-state index contributed by atoms with van der Waals surface area (Å²) < 4.78 is 7.12. The summed E-state index contributed by atoms with van der Waals surface area (Å²) in [6.07, 6.45) is 2.58. The molecule has 0 aliphatic heterocycles. The molecule has 4 heteroatoms. The van der Waals surface area contributed by atoms with Gasteiger partial charge in [0.1, 0.15) is 11.5 Å². The molecule has 0 fully saturated rings. The van der Waals surface area contributed by atoms with Crippen molar-refractivity contribution >= 4 is 5.82 Å². The molecule has 80 valence electrons. The Bertz CT molecular complexity index is 482. The number of anilines is 1. The molecule has 0 saturated carbocycles. The van der Waals surface area contributed by atoms with E-state index in [1.54, 1.807) is 10.9 Å². The molecule has 0 saturated heterocycles. The molecule has 2 aromatic rings. The standard InChI is InChI=1S/C11H15N3O/c1-4-8-10(13-14(3)11(8)12)9-5-7(2)6-15-9/h5-6H,4,12H2,1-3H3. The Hall–Kier alpha value is -1.71. The van der Waals surface area contributed by atoms with Crippen molar-refractivity contribution in [3.63, 3.8) is 0 Å². The topological polar surface area (TPSA) is 57.0 Å². The Kier molecular flexibility index (Phi) is 2.26. The molecule has 0 unspecified atom stereocenters. The van der Waals surface area contributed by atoms with Crippen molar-refractivity contribution in [3.8, 4) is 11.5 Å². The van der Waals surface area contributed by atoms with Gasteiger partial charge in [-0.25, -0.2) is 0 Å². The normalized spacial score (nSPS) is 10.9. The summed E-state index contributed by atoms with van der Waals surface area (Å²) in [5.41, 5.74) is 8.91. The number of hydrogen-bond donors (Lipinski definition) is 1. The highest BCUT2D eigenvalue weighted by atomic mass is 16.3. The smallest absolute Gasteiger partial charge is 0.154 e. The number of aryl methyl sites for hydroxylation is 2. The van der Waals surface area contributed by atoms with Gasteiger partial charge in [0.05, 0.1) is 6.26 Å². The summed E-state index contributed by atoms with van der Waals surface area (Å²) in [5.74, 6) is 1.50. The van der Waals surface area contributed by atoms with E-state index in [-0.39, 0.29) is 0 Å². The van der Waals surface area contributed by atoms with Gasteiger partial charge < -0.3 is 10.2 Å². The SMILES string of the molecule is CCc1c(-c2cc(C)co2)nn(C)c1N. The van der Waals surface area contributed by atoms with Crippen LogP contribution in [0, 0.1) is 6.92 Å². The summed E-state index contributed by atoms with van der Waals surface area (Å²) in [6.45, 7) is 4.05. The van der Waals surface area contributed by atoms with Crippen molar-refractivity contribution in [1.82, 2.24) is 9.78 Å². The third kappa shape index (κ3) is 1.52. The van der Waals surface area contributed by atoms with E-state index in [4.69, 9.17) is 10.2 Å². The fourth-order valence-corrected chi connectivity index (χ4v) is 1.68. The van der Waals surface area contributed by atoms with E-state index in [9.17, 15) is 0 Å². The number of nitrogens with zero attached hydrogens (tertiary/aromatic N) is 2. The van der Waals surface area contributed by atoms with Crippen molar-refractivity contribution in [2.24, 2.45) is 7.05 Å². The third-order valence-corrected chi connectivity index (χ3v) is 2.51. The van der Waals surface area contributed by atoms with E-state index in [2.05, 4.69) is 12.0 Å². The van der Waals surface area contributed by atoms with Crippen LogP contribution < -0.4 is 5.73 Å². The number of nitrogen functional groups attached to an aromatic ring is 1. The fraction of sp³-hybridized carbons (Fsp3) is 0.364.